The maximum atomic E-state index is 8.60. The van der Waals surface area contributed by atoms with Crippen molar-refractivity contribution in [1.29, 1.82) is 0 Å². The SMILES string of the molecule is CC(C)(C)C1OP(O)O1. The fraction of sp³-hybridized carbons (Fsp3) is 1.00. The van der Waals surface area contributed by atoms with Gasteiger partial charge in [-0.05, 0) is 0 Å². The van der Waals surface area contributed by atoms with E-state index >= 15 is 0 Å². The Morgan fingerprint density at radius 1 is 1.33 bits per heavy atom. The van der Waals surface area contributed by atoms with E-state index in [1.165, 1.54) is 0 Å². The largest absolute Gasteiger partial charge is 0.334 e. The van der Waals surface area contributed by atoms with Gasteiger partial charge in [0.05, 0.1) is 0 Å². The highest BCUT2D eigenvalue weighted by Crippen LogP contribution is 2.52. The van der Waals surface area contributed by atoms with Crippen LogP contribution >= 0.6 is 8.60 Å². The Morgan fingerprint density at radius 3 is 1.89 bits per heavy atom. The van der Waals surface area contributed by atoms with E-state index in [1.54, 1.807) is 0 Å². The molecular weight excluding hydrogens is 139 g/mol. The molecule has 54 valence electrons. The zero-order chi connectivity index (χ0) is 7.07. The fourth-order valence-electron chi connectivity index (χ4n) is 0.488. The van der Waals surface area contributed by atoms with Crippen LogP contribution in [0, 0.1) is 5.41 Å². The smallest absolute Gasteiger partial charge is 0.328 e. The first-order valence-corrected chi connectivity index (χ1v) is 3.96. The quantitative estimate of drug-likeness (QED) is 0.533. The second kappa shape index (κ2) is 2.17. The molecule has 0 amide bonds. The van der Waals surface area contributed by atoms with Crippen molar-refractivity contribution in [2.75, 3.05) is 0 Å². The zero-order valence-electron chi connectivity index (χ0n) is 5.79. The molecule has 4 heteroatoms. The van der Waals surface area contributed by atoms with Gasteiger partial charge in [-0.1, -0.05) is 20.8 Å². The van der Waals surface area contributed by atoms with Crippen LogP contribution in [0.25, 0.3) is 0 Å². The summed E-state index contributed by atoms with van der Waals surface area (Å²) in [5.41, 5.74) is -0.0123. The van der Waals surface area contributed by atoms with Gasteiger partial charge in [0, 0.05) is 5.41 Å². The molecule has 3 nitrogen and oxygen atoms in total. The molecule has 1 N–H and O–H groups in total. The topological polar surface area (TPSA) is 38.7 Å². The van der Waals surface area contributed by atoms with Gasteiger partial charge in [-0.15, -0.1) is 0 Å². The molecule has 1 saturated heterocycles. The Kier molecular flexibility index (Phi) is 1.79. The molecule has 9 heavy (non-hydrogen) atoms. The van der Waals surface area contributed by atoms with Crippen LogP contribution in [0.15, 0.2) is 0 Å². The van der Waals surface area contributed by atoms with Crippen LogP contribution in [-0.4, -0.2) is 11.2 Å². The van der Waals surface area contributed by atoms with E-state index in [0.29, 0.717) is 0 Å². The van der Waals surface area contributed by atoms with Crippen molar-refractivity contribution in [1.82, 2.24) is 0 Å². The standard InChI is InChI=1S/C5H11O3P/c1-5(2,3)4-7-9(6)8-4/h4,6H,1-3H3. The van der Waals surface area contributed by atoms with Gasteiger partial charge < -0.3 is 4.89 Å². The summed E-state index contributed by atoms with van der Waals surface area (Å²) in [6.45, 7) is 6.00. The number of rotatable bonds is 0. The lowest BCUT2D eigenvalue weighted by molar-refractivity contribution is -0.153. The molecule has 1 aliphatic heterocycles. The predicted molar refractivity (Wildman–Crippen MR) is 34.6 cm³/mol. The third kappa shape index (κ3) is 1.62. The average Bonchev–Trinajstić information content (AvgIpc) is 1.55. The van der Waals surface area contributed by atoms with E-state index in [-0.39, 0.29) is 11.7 Å². The van der Waals surface area contributed by atoms with E-state index in [0.717, 1.165) is 0 Å². The minimum atomic E-state index is -1.52. The Morgan fingerprint density at radius 2 is 1.78 bits per heavy atom. The highest BCUT2D eigenvalue weighted by Gasteiger charge is 2.40. The molecule has 1 fully saturated rings. The van der Waals surface area contributed by atoms with Gasteiger partial charge in [0.15, 0.2) is 6.29 Å². The van der Waals surface area contributed by atoms with Crippen LogP contribution in [-0.2, 0) is 9.05 Å². The summed E-state index contributed by atoms with van der Waals surface area (Å²) >= 11 is 0. The van der Waals surface area contributed by atoms with Gasteiger partial charge in [-0.2, -0.15) is 0 Å². The molecule has 1 heterocycles. The van der Waals surface area contributed by atoms with Crippen LogP contribution < -0.4 is 0 Å². The first kappa shape index (κ1) is 7.42. The molecule has 1 aliphatic rings. The maximum Gasteiger partial charge on any atom is 0.334 e. The maximum absolute atomic E-state index is 8.60. The first-order chi connectivity index (χ1) is 4.00. The van der Waals surface area contributed by atoms with E-state index in [9.17, 15) is 0 Å². The van der Waals surface area contributed by atoms with Crippen LogP contribution in [0.3, 0.4) is 0 Å². The third-order valence-electron chi connectivity index (χ3n) is 1.08. The average molecular weight is 150 g/mol. The molecule has 0 spiro atoms. The minimum Gasteiger partial charge on any atom is -0.328 e. The summed E-state index contributed by atoms with van der Waals surface area (Å²) in [7, 11) is -1.52. The Bertz CT molecular complexity index is 103. The number of hydrogen-bond acceptors (Lipinski definition) is 3. The van der Waals surface area contributed by atoms with Crippen LogP contribution in [0.4, 0.5) is 0 Å². The second-order valence-corrected chi connectivity index (χ2v) is 4.04. The van der Waals surface area contributed by atoms with Gasteiger partial charge >= 0.3 is 8.60 Å². The lowest BCUT2D eigenvalue weighted by Gasteiger charge is -2.38. The van der Waals surface area contributed by atoms with Crippen molar-refractivity contribution in [3.05, 3.63) is 0 Å². The molecule has 0 unspecified atom stereocenters. The van der Waals surface area contributed by atoms with Crippen molar-refractivity contribution < 1.29 is 13.9 Å². The lowest BCUT2D eigenvalue weighted by Crippen LogP contribution is -2.35. The summed E-state index contributed by atoms with van der Waals surface area (Å²) in [6.07, 6.45) is -0.214. The van der Waals surface area contributed by atoms with Crippen molar-refractivity contribution >= 4 is 8.60 Å². The predicted octanol–water partition coefficient (Wildman–Crippen LogP) is 1.62. The van der Waals surface area contributed by atoms with Gasteiger partial charge in [0.25, 0.3) is 0 Å². The normalized spacial score (nSPS) is 36.0. The summed E-state index contributed by atoms with van der Waals surface area (Å²) in [6, 6.07) is 0. The zero-order valence-corrected chi connectivity index (χ0v) is 6.68. The molecule has 0 aliphatic carbocycles. The van der Waals surface area contributed by atoms with E-state index in [1.807, 2.05) is 20.8 Å². The van der Waals surface area contributed by atoms with E-state index < -0.39 is 8.60 Å². The van der Waals surface area contributed by atoms with Crippen molar-refractivity contribution in [3.8, 4) is 0 Å². The summed E-state index contributed by atoms with van der Waals surface area (Å²) < 4.78 is 9.80. The molecule has 1 rings (SSSR count). The molecule has 0 atom stereocenters. The second-order valence-electron chi connectivity index (χ2n) is 3.15. The molecular formula is C5H11O3P. The van der Waals surface area contributed by atoms with Gasteiger partial charge in [-0.3, -0.25) is 9.05 Å². The highest BCUT2D eigenvalue weighted by atomic mass is 31.2. The molecule has 0 bridgehead atoms. The lowest BCUT2D eigenvalue weighted by atomic mass is 9.96. The Labute approximate surface area is 56.0 Å². The van der Waals surface area contributed by atoms with Gasteiger partial charge in [-0.25, -0.2) is 0 Å². The van der Waals surface area contributed by atoms with Crippen molar-refractivity contribution in [2.45, 2.75) is 27.1 Å². The summed E-state index contributed by atoms with van der Waals surface area (Å²) in [4.78, 5) is 8.60. The summed E-state index contributed by atoms with van der Waals surface area (Å²) in [5, 5.41) is 0. The molecule has 0 aromatic heterocycles. The Hall–Kier alpha value is 0.310. The third-order valence-corrected chi connectivity index (χ3v) is 1.82. The van der Waals surface area contributed by atoms with Crippen molar-refractivity contribution in [2.24, 2.45) is 5.41 Å². The Balaban J connectivity index is 2.32. The van der Waals surface area contributed by atoms with Crippen LogP contribution in [0.5, 0.6) is 0 Å². The van der Waals surface area contributed by atoms with E-state index in [2.05, 4.69) is 0 Å². The number of hydrogen-bond donors (Lipinski definition) is 1. The van der Waals surface area contributed by atoms with Crippen LogP contribution in [0.2, 0.25) is 0 Å². The molecule has 0 aromatic rings. The highest BCUT2D eigenvalue weighted by molar-refractivity contribution is 7.41. The van der Waals surface area contributed by atoms with E-state index in [4.69, 9.17) is 13.9 Å². The molecule has 0 saturated carbocycles. The first-order valence-electron chi connectivity index (χ1n) is 2.83. The summed E-state index contributed by atoms with van der Waals surface area (Å²) in [5.74, 6) is 0. The van der Waals surface area contributed by atoms with Crippen LogP contribution in [0.1, 0.15) is 20.8 Å². The van der Waals surface area contributed by atoms with Gasteiger partial charge in [0.2, 0.25) is 0 Å². The molecule has 0 radical (unpaired) electrons. The van der Waals surface area contributed by atoms with Gasteiger partial charge in [0.1, 0.15) is 0 Å². The van der Waals surface area contributed by atoms with Crippen molar-refractivity contribution in [3.63, 3.8) is 0 Å². The molecule has 0 aromatic carbocycles. The minimum absolute atomic E-state index is 0.0123. The fourth-order valence-corrected chi connectivity index (χ4v) is 1.46. The monoisotopic (exact) mass is 150 g/mol.